The predicted molar refractivity (Wildman–Crippen MR) is 124 cm³/mol. The van der Waals surface area contributed by atoms with Gasteiger partial charge in [-0.05, 0) is 42.0 Å². The number of hydrogen-bond acceptors (Lipinski definition) is 7. The first-order valence-electron chi connectivity index (χ1n) is 11.0. The zero-order valence-electron chi connectivity index (χ0n) is 18.5. The molecule has 168 valence electrons. The molecule has 0 bridgehead atoms. The summed E-state index contributed by atoms with van der Waals surface area (Å²) in [4.78, 5) is 6.29. The molecule has 1 aliphatic rings. The van der Waals surface area contributed by atoms with Gasteiger partial charge in [-0.25, -0.2) is 9.67 Å². The van der Waals surface area contributed by atoms with Crippen LogP contribution in [0.4, 0.5) is 0 Å². The number of nitrogens with zero attached hydrogens (tertiary/aromatic N) is 6. The van der Waals surface area contributed by atoms with Crippen LogP contribution in [0, 0.1) is 23.2 Å². The Morgan fingerprint density at radius 2 is 1.62 bits per heavy atom. The van der Waals surface area contributed by atoms with Gasteiger partial charge in [0.05, 0.1) is 19.8 Å². The van der Waals surface area contributed by atoms with E-state index in [1.165, 1.54) is 16.6 Å². The van der Waals surface area contributed by atoms with Crippen LogP contribution >= 0.6 is 0 Å². The van der Waals surface area contributed by atoms with Gasteiger partial charge in [-0.1, -0.05) is 29.1 Å². The van der Waals surface area contributed by atoms with Crippen LogP contribution in [0.1, 0.15) is 28.2 Å². The molecule has 0 unspecified atom stereocenters. The summed E-state index contributed by atoms with van der Waals surface area (Å²) in [5.41, 5.74) is 4.76. The van der Waals surface area contributed by atoms with Crippen molar-refractivity contribution in [3.8, 4) is 29.2 Å². The molecule has 8 nitrogen and oxygen atoms in total. The van der Waals surface area contributed by atoms with E-state index in [1.54, 1.807) is 0 Å². The summed E-state index contributed by atoms with van der Waals surface area (Å²) >= 11 is 0. The van der Waals surface area contributed by atoms with Crippen molar-refractivity contribution in [1.82, 2.24) is 24.8 Å². The molecule has 0 N–H and O–H groups in total. The maximum atomic E-state index is 9.05. The van der Waals surface area contributed by atoms with Gasteiger partial charge >= 0.3 is 0 Å². The van der Waals surface area contributed by atoms with Crippen molar-refractivity contribution in [2.24, 2.45) is 0 Å². The highest BCUT2D eigenvalue weighted by Crippen LogP contribution is 2.21. The van der Waals surface area contributed by atoms with Crippen molar-refractivity contribution in [2.45, 2.75) is 13.1 Å². The molecule has 1 saturated heterocycles. The van der Waals surface area contributed by atoms with E-state index >= 15 is 0 Å². The minimum atomic E-state index is 0.235. The highest BCUT2D eigenvalue weighted by molar-refractivity contribution is 5.59. The monoisotopic (exact) mass is 450 g/mol. The van der Waals surface area contributed by atoms with Crippen LogP contribution in [0.3, 0.4) is 0 Å². The van der Waals surface area contributed by atoms with Crippen molar-refractivity contribution >= 4 is 0 Å². The Balaban J connectivity index is 1.21. The van der Waals surface area contributed by atoms with Gasteiger partial charge in [0, 0.05) is 42.4 Å². The number of nitriles is 1. The summed E-state index contributed by atoms with van der Waals surface area (Å²) < 4.78 is 12.4. The summed E-state index contributed by atoms with van der Waals surface area (Å²) in [7, 11) is 0. The number of aromatic nitrogens is 4. The van der Waals surface area contributed by atoms with Crippen molar-refractivity contribution in [3.63, 3.8) is 0 Å². The Bertz CT molecular complexity index is 1350. The van der Waals surface area contributed by atoms with Crippen LogP contribution in [0.2, 0.25) is 0 Å². The molecular weight excluding hydrogens is 428 g/mol. The molecule has 3 heterocycles. The third kappa shape index (κ3) is 5.21. The largest absolute Gasteiger partial charge is 0.379 e. The lowest BCUT2D eigenvalue weighted by molar-refractivity contribution is 0.0342. The van der Waals surface area contributed by atoms with E-state index in [1.807, 2.05) is 36.4 Å². The number of benzene rings is 2. The van der Waals surface area contributed by atoms with Crippen LogP contribution < -0.4 is 0 Å². The van der Waals surface area contributed by atoms with Crippen molar-refractivity contribution in [2.75, 3.05) is 26.3 Å². The molecule has 2 aromatic heterocycles. The molecule has 4 aromatic rings. The van der Waals surface area contributed by atoms with Gasteiger partial charge in [0.15, 0.2) is 5.76 Å². The van der Waals surface area contributed by atoms with E-state index in [9.17, 15) is 0 Å². The fourth-order valence-electron chi connectivity index (χ4n) is 3.72. The van der Waals surface area contributed by atoms with Gasteiger partial charge in [0.1, 0.15) is 18.1 Å². The first-order chi connectivity index (χ1) is 16.8. The lowest BCUT2D eigenvalue weighted by Gasteiger charge is -2.26. The molecule has 1 aliphatic heterocycles. The van der Waals surface area contributed by atoms with E-state index < -0.39 is 0 Å². The lowest BCUT2D eigenvalue weighted by atomic mass is 10.1. The standard InChI is InChI=1S/C26H22N6O2/c27-16-26-28-19-29-32(26)18-24-15-25(34-30-24)23-9-7-21(8-10-23)2-1-20-3-5-22(6-4-20)17-31-11-13-33-14-12-31/h3-10,15,19H,11-14,17-18H2. The smallest absolute Gasteiger partial charge is 0.231 e. The minimum absolute atomic E-state index is 0.235. The predicted octanol–water partition coefficient (Wildman–Crippen LogP) is 3.09. The van der Waals surface area contributed by atoms with Gasteiger partial charge in [-0.15, -0.1) is 0 Å². The molecule has 0 amide bonds. The Kier molecular flexibility index (Phi) is 6.44. The number of hydrogen-bond donors (Lipinski definition) is 0. The maximum absolute atomic E-state index is 9.05. The molecule has 0 atom stereocenters. The third-order valence-electron chi connectivity index (χ3n) is 5.57. The summed E-state index contributed by atoms with van der Waals surface area (Å²) in [6, 6.07) is 20.1. The molecule has 0 spiro atoms. The van der Waals surface area contributed by atoms with Crippen LogP contribution in [-0.4, -0.2) is 51.1 Å². The minimum Gasteiger partial charge on any atom is -0.379 e. The van der Waals surface area contributed by atoms with Crippen molar-refractivity contribution in [1.29, 1.82) is 5.26 Å². The molecule has 1 fully saturated rings. The molecule has 8 heteroatoms. The van der Waals surface area contributed by atoms with Gasteiger partial charge in [0.25, 0.3) is 0 Å². The summed E-state index contributed by atoms with van der Waals surface area (Å²) in [6.45, 7) is 4.85. The van der Waals surface area contributed by atoms with E-state index in [2.05, 4.69) is 56.2 Å². The van der Waals surface area contributed by atoms with Crippen molar-refractivity contribution in [3.05, 3.63) is 89.1 Å². The SMILES string of the molecule is N#Cc1ncnn1Cc1cc(-c2ccc(C#Cc3ccc(CN4CCOCC4)cc3)cc2)on1. The molecule has 0 radical (unpaired) electrons. The molecule has 0 saturated carbocycles. The van der Waals surface area contributed by atoms with E-state index in [0.29, 0.717) is 18.0 Å². The van der Waals surface area contributed by atoms with Crippen LogP contribution in [0.25, 0.3) is 11.3 Å². The molecule has 5 rings (SSSR count). The fourth-order valence-corrected chi connectivity index (χ4v) is 3.72. The second-order valence-electron chi connectivity index (χ2n) is 7.95. The van der Waals surface area contributed by atoms with Gasteiger partial charge < -0.3 is 9.26 Å². The van der Waals surface area contributed by atoms with Gasteiger partial charge in [-0.3, -0.25) is 4.90 Å². The quantitative estimate of drug-likeness (QED) is 0.431. The average Bonchev–Trinajstić information content (AvgIpc) is 3.54. The van der Waals surface area contributed by atoms with Gasteiger partial charge in [-0.2, -0.15) is 10.4 Å². The summed E-state index contributed by atoms with van der Waals surface area (Å²) in [5.74, 6) is 7.32. The number of rotatable bonds is 5. The summed E-state index contributed by atoms with van der Waals surface area (Å²) in [6.07, 6.45) is 1.35. The van der Waals surface area contributed by atoms with Crippen LogP contribution in [0.5, 0.6) is 0 Å². The molecular formula is C26H22N6O2. The second kappa shape index (κ2) is 10.1. The average molecular weight is 451 g/mol. The molecule has 2 aromatic carbocycles. The molecule has 0 aliphatic carbocycles. The highest BCUT2D eigenvalue weighted by atomic mass is 16.5. The first-order valence-corrected chi connectivity index (χ1v) is 11.0. The molecule has 34 heavy (non-hydrogen) atoms. The Morgan fingerprint density at radius 3 is 2.32 bits per heavy atom. The fraction of sp³-hybridized carbons (Fsp3) is 0.231. The highest BCUT2D eigenvalue weighted by Gasteiger charge is 2.11. The van der Waals surface area contributed by atoms with E-state index in [4.69, 9.17) is 14.5 Å². The van der Waals surface area contributed by atoms with Crippen molar-refractivity contribution < 1.29 is 9.26 Å². The van der Waals surface area contributed by atoms with E-state index in [-0.39, 0.29) is 5.82 Å². The lowest BCUT2D eigenvalue weighted by Crippen LogP contribution is -2.35. The zero-order chi connectivity index (χ0) is 23.2. The maximum Gasteiger partial charge on any atom is 0.231 e. The summed E-state index contributed by atoms with van der Waals surface area (Å²) in [5, 5.41) is 17.2. The Hall–Kier alpha value is -4.24. The number of ether oxygens (including phenoxy) is 1. The zero-order valence-corrected chi connectivity index (χ0v) is 18.5. The first kappa shape index (κ1) is 21.6. The Morgan fingerprint density at radius 1 is 0.912 bits per heavy atom. The Labute approximate surface area is 197 Å². The van der Waals surface area contributed by atoms with Crippen LogP contribution in [0.15, 0.2) is 65.4 Å². The second-order valence-corrected chi connectivity index (χ2v) is 7.95. The number of morpholine rings is 1. The topological polar surface area (TPSA) is 93.0 Å². The van der Waals surface area contributed by atoms with E-state index in [0.717, 1.165) is 49.5 Å². The van der Waals surface area contributed by atoms with Gasteiger partial charge in [0.2, 0.25) is 5.82 Å². The van der Waals surface area contributed by atoms with Crippen LogP contribution in [-0.2, 0) is 17.8 Å². The third-order valence-corrected chi connectivity index (χ3v) is 5.57. The normalized spacial score (nSPS) is 13.7.